The van der Waals surface area contributed by atoms with Crippen molar-refractivity contribution in [3.8, 4) is 5.75 Å². The number of anilines is 2. The number of carbonyl (C=O) groups excluding carboxylic acids is 4. The van der Waals surface area contributed by atoms with Crippen LogP contribution in [0.5, 0.6) is 5.75 Å². The van der Waals surface area contributed by atoms with E-state index in [1.165, 1.54) is 36.4 Å². The number of nitrogens with one attached hydrogen (secondary N) is 1. The zero-order chi connectivity index (χ0) is 22.5. The van der Waals surface area contributed by atoms with Crippen LogP contribution in [0, 0.1) is 0 Å². The highest BCUT2D eigenvalue weighted by Crippen LogP contribution is 2.29. The van der Waals surface area contributed by atoms with Crippen molar-refractivity contribution >= 4 is 46.7 Å². The van der Waals surface area contributed by atoms with Crippen molar-refractivity contribution in [2.45, 2.75) is 19.5 Å². The van der Waals surface area contributed by atoms with Gasteiger partial charge in [-0.3, -0.25) is 19.3 Å². The largest absolute Gasteiger partial charge is 0.452 e. The summed E-state index contributed by atoms with van der Waals surface area (Å²) >= 11 is 5.80. The van der Waals surface area contributed by atoms with E-state index in [0.29, 0.717) is 5.69 Å². The molecule has 0 aliphatic carbocycles. The zero-order valence-electron chi connectivity index (χ0n) is 15.8. The third-order valence-electron chi connectivity index (χ3n) is 4.18. The maximum atomic E-state index is 12.2. The van der Waals surface area contributed by atoms with E-state index in [1.807, 2.05) is 0 Å². The molecule has 1 N–H and O–H groups in total. The Hall–Kier alpha value is -3.53. The quantitative estimate of drug-likeness (QED) is 0.510. The van der Waals surface area contributed by atoms with Gasteiger partial charge in [0.2, 0.25) is 11.8 Å². The van der Waals surface area contributed by atoms with Crippen molar-refractivity contribution in [1.29, 1.82) is 0 Å². The molecule has 0 unspecified atom stereocenters. The molecule has 2 aromatic rings. The molecule has 8 nitrogen and oxygen atoms in total. The van der Waals surface area contributed by atoms with E-state index < -0.39 is 25.1 Å². The molecular weight excluding hydrogens is 438 g/mol. The first-order valence-electron chi connectivity index (χ1n) is 8.92. The van der Waals surface area contributed by atoms with Gasteiger partial charge in [-0.2, -0.15) is 8.78 Å². The molecule has 3 amide bonds. The minimum absolute atomic E-state index is 0.118. The number of nitrogens with zero attached hydrogens (tertiary/aromatic N) is 1. The SMILES string of the molecule is O=C(COC(=O)c1ccc(N2C(=O)CCC2=O)cc1)Nc1ccc(OC(F)F)c(Cl)c1. The van der Waals surface area contributed by atoms with Crippen molar-refractivity contribution in [3.05, 3.63) is 53.1 Å². The van der Waals surface area contributed by atoms with E-state index in [2.05, 4.69) is 10.1 Å². The van der Waals surface area contributed by atoms with E-state index in [-0.39, 0.29) is 46.7 Å². The standard InChI is InChI=1S/C20H15ClF2N2O6/c21-14-9-12(3-6-15(14)31-20(22)23)24-16(26)10-30-19(29)11-1-4-13(5-2-11)25-17(27)7-8-18(25)28/h1-6,9,20H,7-8,10H2,(H,24,26). The summed E-state index contributed by atoms with van der Waals surface area (Å²) in [7, 11) is 0. The van der Waals surface area contributed by atoms with Crippen LogP contribution >= 0.6 is 11.6 Å². The van der Waals surface area contributed by atoms with Gasteiger partial charge in [-0.25, -0.2) is 4.79 Å². The number of hydrogen-bond donors (Lipinski definition) is 1. The third-order valence-corrected chi connectivity index (χ3v) is 4.47. The van der Waals surface area contributed by atoms with Gasteiger partial charge >= 0.3 is 12.6 Å². The Morgan fingerprint density at radius 2 is 1.71 bits per heavy atom. The minimum Gasteiger partial charge on any atom is -0.452 e. The minimum atomic E-state index is -3.04. The number of ether oxygens (including phenoxy) is 2. The monoisotopic (exact) mass is 452 g/mol. The summed E-state index contributed by atoms with van der Waals surface area (Å²) in [5, 5.41) is 2.27. The molecular formula is C20H15ClF2N2O6. The van der Waals surface area contributed by atoms with E-state index in [4.69, 9.17) is 16.3 Å². The van der Waals surface area contributed by atoms with Gasteiger partial charge < -0.3 is 14.8 Å². The molecule has 0 aromatic heterocycles. The molecule has 1 aliphatic heterocycles. The summed E-state index contributed by atoms with van der Waals surface area (Å²) in [5.74, 6) is -2.35. The zero-order valence-corrected chi connectivity index (χ0v) is 16.5. The van der Waals surface area contributed by atoms with Crippen molar-refractivity contribution in [2.24, 2.45) is 0 Å². The maximum Gasteiger partial charge on any atom is 0.387 e. The number of carbonyl (C=O) groups is 4. The Balaban J connectivity index is 1.53. The van der Waals surface area contributed by atoms with Gasteiger partial charge in [0.05, 0.1) is 16.3 Å². The average molecular weight is 453 g/mol. The van der Waals surface area contributed by atoms with Crippen LogP contribution in [0.4, 0.5) is 20.2 Å². The molecule has 0 spiro atoms. The normalized spacial score (nSPS) is 13.5. The number of rotatable bonds is 7. The molecule has 0 atom stereocenters. The molecule has 0 radical (unpaired) electrons. The fourth-order valence-corrected chi connectivity index (χ4v) is 3.02. The number of imide groups is 1. The molecule has 3 rings (SSSR count). The van der Waals surface area contributed by atoms with Crippen molar-refractivity contribution in [1.82, 2.24) is 0 Å². The molecule has 2 aromatic carbocycles. The van der Waals surface area contributed by atoms with Gasteiger partial charge in [0.15, 0.2) is 6.61 Å². The first-order valence-corrected chi connectivity index (χ1v) is 9.29. The Morgan fingerprint density at radius 1 is 1.06 bits per heavy atom. The highest BCUT2D eigenvalue weighted by Gasteiger charge is 2.30. The van der Waals surface area contributed by atoms with Gasteiger partial charge in [-0.1, -0.05) is 11.6 Å². The number of esters is 1. The number of halogens is 3. The molecule has 162 valence electrons. The van der Waals surface area contributed by atoms with Gasteiger partial charge in [0.25, 0.3) is 5.91 Å². The van der Waals surface area contributed by atoms with E-state index in [9.17, 15) is 28.0 Å². The number of amides is 3. The van der Waals surface area contributed by atoms with Crippen LogP contribution in [-0.2, 0) is 19.1 Å². The van der Waals surface area contributed by atoms with Crippen LogP contribution in [0.25, 0.3) is 0 Å². The summed E-state index contributed by atoms with van der Waals surface area (Å²) in [6.07, 6.45) is 0.288. The second-order valence-electron chi connectivity index (χ2n) is 6.32. The fourth-order valence-electron chi connectivity index (χ4n) is 2.79. The number of hydrogen-bond acceptors (Lipinski definition) is 6. The smallest absolute Gasteiger partial charge is 0.387 e. The molecule has 1 fully saturated rings. The highest BCUT2D eigenvalue weighted by molar-refractivity contribution is 6.32. The highest BCUT2D eigenvalue weighted by atomic mass is 35.5. The summed E-state index contributed by atoms with van der Waals surface area (Å²) in [6, 6.07) is 9.27. The lowest BCUT2D eigenvalue weighted by Crippen LogP contribution is -2.28. The predicted molar refractivity (Wildman–Crippen MR) is 105 cm³/mol. The lowest BCUT2D eigenvalue weighted by atomic mass is 10.2. The van der Waals surface area contributed by atoms with Crippen molar-refractivity contribution < 1.29 is 37.4 Å². The Bertz CT molecular complexity index is 1010. The molecule has 31 heavy (non-hydrogen) atoms. The predicted octanol–water partition coefficient (Wildman–Crippen LogP) is 3.39. The summed E-state index contributed by atoms with van der Waals surface area (Å²) in [6.45, 7) is -3.65. The Morgan fingerprint density at radius 3 is 2.29 bits per heavy atom. The fraction of sp³-hybridized carbons (Fsp3) is 0.200. The summed E-state index contributed by atoms with van der Waals surface area (Å²) < 4.78 is 33.6. The van der Waals surface area contributed by atoms with E-state index in [1.54, 1.807) is 0 Å². The topological polar surface area (TPSA) is 102 Å². The van der Waals surface area contributed by atoms with Crippen LogP contribution < -0.4 is 15.0 Å². The molecule has 0 saturated carbocycles. The molecule has 11 heteroatoms. The van der Waals surface area contributed by atoms with Crippen molar-refractivity contribution in [3.63, 3.8) is 0 Å². The van der Waals surface area contributed by atoms with Crippen LogP contribution in [0.2, 0.25) is 5.02 Å². The first kappa shape index (κ1) is 22.2. The van der Waals surface area contributed by atoms with Crippen molar-refractivity contribution in [2.75, 3.05) is 16.8 Å². The average Bonchev–Trinajstić information content (AvgIpc) is 3.06. The Labute approximate surface area is 179 Å². The van der Waals surface area contributed by atoms with E-state index in [0.717, 1.165) is 11.0 Å². The van der Waals surface area contributed by atoms with Crippen LogP contribution in [-0.4, -0.2) is 36.9 Å². The van der Waals surface area contributed by atoms with Crippen LogP contribution in [0.1, 0.15) is 23.2 Å². The lowest BCUT2D eigenvalue weighted by Gasteiger charge is -2.14. The molecule has 1 heterocycles. The van der Waals surface area contributed by atoms with E-state index >= 15 is 0 Å². The van der Waals surface area contributed by atoms with Gasteiger partial charge in [0, 0.05) is 18.5 Å². The second kappa shape index (κ2) is 9.52. The van der Waals surface area contributed by atoms with Gasteiger partial charge in [-0.15, -0.1) is 0 Å². The van der Waals surface area contributed by atoms with Gasteiger partial charge in [0.1, 0.15) is 5.75 Å². The van der Waals surface area contributed by atoms with Gasteiger partial charge in [-0.05, 0) is 42.5 Å². The molecule has 0 bridgehead atoms. The summed E-state index contributed by atoms with van der Waals surface area (Å²) in [4.78, 5) is 48.6. The summed E-state index contributed by atoms with van der Waals surface area (Å²) in [5.41, 5.74) is 0.655. The number of alkyl halides is 2. The Kier molecular flexibility index (Phi) is 6.81. The maximum absolute atomic E-state index is 12.2. The van der Waals surface area contributed by atoms with Crippen LogP contribution in [0.15, 0.2) is 42.5 Å². The third kappa shape index (κ3) is 5.54. The molecule has 1 saturated heterocycles. The lowest BCUT2D eigenvalue weighted by molar-refractivity contribution is -0.121. The second-order valence-corrected chi connectivity index (χ2v) is 6.72. The molecule has 1 aliphatic rings. The van der Waals surface area contributed by atoms with Crippen LogP contribution in [0.3, 0.4) is 0 Å². The first-order chi connectivity index (χ1) is 14.7. The number of benzene rings is 2.